The van der Waals surface area contributed by atoms with Gasteiger partial charge in [-0.25, -0.2) is 0 Å². The van der Waals surface area contributed by atoms with Crippen LogP contribution in [0.5, 0.6) is 0 Å². The molecule has 6 heteroatoms. The van der Waals surface area contributed by atoms with Gasteiger partial charge in [-0.1, -0.05) is 198 Å². The molecule has 0 amide bonds. The Morgan fingerprint density at radius 1 is 0.339 bits per heavy atom. The summed E-state index contributed by atoms with van der Waals surface area (Å²) in [4.78, 5) is 37.9. The fourth-order valence-electron chi connectivity index (χ4n) is 6.97. The Balaban J connectivity index is 4.39. The fourth-order valence-corrected chi connectivity index (χ4v) is 6.97. The molecule has 0 spiro atoms. The van der Waals surface area contributed by atoms with E-state index in [1.54, 1.807) is 0 Å². The zero-order valence-electron chi connectivity index (χ0n) is 39.0. The highest BCUT2D eigenvalue weighted by atomic mass is 16.6. The Bertz CT molecular complexity index is 1040. The third-order valence-corrected chi connectivity index (χ3v) is 10.8. The molecule has 0 saturated carbocycles. The highest BCUT2D eigenvalue weighted by Crippen LogP contribution is 2.14. The van der Waals surface area contributed by atoms with E-state index in [1.165, 1.54) is 109 Å². The number of hydrogen-bond acceptors (Lipinski definition) is 6. The summed E-state index contributed by atoms with van der Waals surface area (Å²) >= 11 is 0. The summed E-state index contributed by atoms with van der Waals surface area (Å²) < 4.78 is 16.7. The summed E-state index contributed by atoms with van der Waals surface area (Å²) in [6, 6.07) is 0. The van der Waals surface area contributed by atoms with E-state index in [1.807, 2.05) is 0 Å². The molecule has 0 aliphatic carbocycles. The minimum absolute atomic E-state index is 0.0818. The maximum atomic E-state index is 12.8. The SMILES string of the molecule is CCCCC/C=C\C/C=C\CCCCCCCC(=O)OC(COC(=O)CCCCCCC/C=C\C/C=C\CCCCCC)COC(=O)CCCCCCCCCCCC. The molecule has 0 fully saturated rings. The van der Waals surface area contributed by atoms with E-state index in [9.17, 15) is 14.4 Å². The van der Waals surface area contributed by atoms with Gasteiger partial charge in [0, 0.05) is 19.3 Å². The van der Waals surface area contributed by atoms with Gasteiger partial charge in [-0.05, 0) is 83.5 Å². The molecule has 0 aromatic carbocycles. The summed E-state index contributed by atoms with van der Waals surface area (Å²) in [6.45, 7) is 6.56. The molecular weight excluding hydrogens is 733 g/mol. The van der Waals surface area contributed by atoms with Gasteiger partial charge in [0.05, 0.1) is 0 Å². The molecule has 0 radical (unpaired) electrons. The lowest BCUT2D eigenvalue weighted by molar-refractivity contribution is -0.167. The third kappa shape index (κ3) is 46.3. The first-order chi connectivity index (χ1) is 29.0. The molecule has 0 aliphatic rings. The number of unbranched alkanes of at least 4 members (excludes halogenated alkanes) is 26. The van der Waals surface area contributed by atoms with Gasteiger partial charge < -0.3 is 14.2 Å². The maximum Gasteiger partial charge on any atom is 0.306 e. The summed E-state index contributed by atoms with van der Waals surface area (Å²) in [7, 11) is 0. The number of allylic oxidation sites excluding steroid dienone is 8. The molecule has 0 heterocycles. The first-order valence-corrected chi connectivity index (χ1v) is 25.1. The normalized spacial score (nSPS) is 12.4. The molecule has 6 nitrogen and oxygen atoms in total. The molecule has 0 saturated heterocycles. The van der Waals surface area contributed by atoms with E-state index >= 15 is 0 Å². The Hall–Kier alpha value is -2.63. The highest BCUT2D eigenvalue weighted by molar-refractivity contribution is 5.71. The topological polar surface area (TPSA) is 78.9 Å². The lowest BCUT2D eigenvalue weighted by Gasteiger charge is -2.18. The zero-order valence-corrected chi connectivity index (χ0v) is 39.0. The quantitative estimate of drug-likeness (QED) is 0.0263. The molecule has 342 valence electrons. The van der Waals surface area contributed by atoms with Crippen LogP contribution in [0.25, 0.3) is 0 Å². The highest BCUT2D eigenvalue weighted by Gasteiger charge is 2.19. The van der Waals surface area contributed by atoms with Crippen LogP contribution in [0.1, 0.15) is 252 Å². The standard InChI is InChI=1S/C53H94O6/c1-4-7-10-13-16-19-22-24-26-28-29-31-34-37-40-43-46-52(55)58-49-50(48-57-51(54)45-42-39-36-33-21-18-15-12-9-6-3)59-53(56)47-44-41-38-35-32-30-27-25-23-20-17-14-11-8-5-2/h17,19-20,22,25-28,50H,4-16,18,21,23-24,29-49H2,1-3H3/b20-17-,22-19-,27-25-,28-26-. The van der Waals surface area contributed by atoms with E-state index in [0.717, 1.165) is 103 Å². The van der Waals surface area contributed by atoms with Crippen LogP contribution in [0.3, 0.4) is 0 Å². The van der Waals surface area contributed by atoms with Crippen molar-refractivity contribution in [1.29, 1.82) is 0 Å². The van der Waals surface area contributed by atoms with Gasteiger partial charge in [0.1, 0.15) is 13.2 Å². The van der Waals surface area contributed by atoms with Gasteiger partial charge in [0.25, 0.3) is 0 Å². The molecule has 59 heavy (non-hydrogen) atoms. The van der Waals surface area contributed by atoms with Gasteiger partial charge in [0.2, 0.25) is 0 Å². The second kappa shape index (κ2) is 48.0. The van der Waals surface area contributed by atoms with E-state index in [-0.39, 0.29) is 31.1 Å². The van der Waals surface area contributed by atoms with Crippen molar-refractivity contribution in [2.45, 2.75) is 258 Å². The van der Waals surface area contributed by atoms with Crippen molar-refractivity contribution in [2.75, 3.05) is 13.2 Å². The minimum atomic E-state index is -0.782. The molecule has 0 aromatic rings. The first-order valence-electron chi connectivity index (χ1n) is 25.1. The summed E-state index contributed by atoms with van der Waals surface area (Å²) in [5.74, 6) is -0.907. The van der Waals surface area contributed by atoms with E-state index in [2.05, 4.69) is 69.4 Å². The van der Waals surface area contributed by atoms with Crippen LogP contribution in [0.2, 0.25) is 0 Å². The molecule has 0 N–H and O–H groups in total. The Labute approximate surface area is 365 Å². The number of ether oxygens (including phenoxy) is 3. The molecule has 1 atom stereocenters. The third-order valence-electron chi connectivity index (χ3n) is 10.8. The number of carbonyl (C=O) groups excluding carboxylic acids is 3. The first kappa shape index (κ1) is 56.4. The van der Waals surface area contributed by atoms with Crippen molar-refractivity contribution in [1.82, 2.24) is 0 Å². The Morgan fingerprint density at radius 2 is 0.610 bits per heavy atom. The summed E-state index contributed by atoms with van der Waals surface area (Å²) in [5.41, 5.74) is 0. The zero-order chi connectivity index (χ0) is 43.0. The fraction of sp³-hybridized carbons (Fsp3) is 0.792. The van der Waals surface area contributed by atoms with Crippen LogP contribution < -0.4 is 0 Å². The lowest BCUT2D eigenvalue weighted by atomic mass is 10.1. The minimum Gasteiger partial charge on any atom is -0.462 e. The van der Waals surface area contributed by atoms with Gasteiger partial charge in [-0.2, -0.15) is 0 Å². The lowest BCUT2D eigenvalue weighted by Crippen LogP contribution is -2.30. The number of carbonyl (C=O) groups is 3. The number of hydrogen-bond donors (Lipinski definition) is 0. The van der Waals surface area contributed by atoms with Gasteiger partial charge in [-0.3, -0.25) is 14.4 Å². The van der Waals surface area contributed by atoms with Crippen molar-refractivity contribution >= 4 is 17.9 Å². The van der Waals surface area contributed by atoms with Crippen molar-refractivity contribution < 1.29 is 28.6 Å². The van der Waals surface area contributed by atoms with Crippen molar-refractivity contribution in [3.63, 3.8) is 0 Å². The van der Waals surface area contributed by atoms with Gasteiger partial charge >= 0.3 is 17.9 Å². The predicted octanol–water partition coefficient (Wildman–Crippen LogP) is 16.3. The monoisotopic (exact) mass is 827 g/mol. The molecule has 0 aromatic heterocycles. The van der Waals surface area contributed by atoms with Crippen LogP contribution >= 0.6 is 0 Å². The van der Waals surface area contributed by atoms with Crippen molar-refractivity contribution in [2.24, 2.45) is 0 Å². The largest absolute Gasteiger partial charge is 0.462 e. The molecule has 0 aliphatic heterocycles. The average Bonchev–Trinajstić information content (AvgIpc) is 3.23. The van der Waals surface area contributed by atoms with Crippen LogP contribution in [-0.2, 0) is 28.6 Å². The molecule has 0 bridgehead atoms. The number of esters is 3. The second-order valence-corrected chi connectivity index (χ2v) is 16.7. The van der Waals surface area contributed by atoms with E-state index < -0.39 is 6.10 Å². The van der Waals surface area contributed by atoms with Crippen molar-refractivity contribution in [3.05, 3.63) is 48.6 Å². The summed E-state index contributed by atoms with van der Waals surface area (Å²) in [5, 5.41) is 0. The van der Waals surface area contributed by atoms with Crippen LogP contribution in [0.15, 0.2) is 48.6 Å². The Morgan fingerprint density at radius 3 is 0.983 bits per heavy atom. The summed E-state index contributed by atoms with van der Waals surface area (Å²) in [6.07, 6.45) is 56.6. The van der Waals surface area contributed by atoms with E-state index in [4.69, 9.17) is 14.2 Å². The molecule has 0 rings (SSSR count). The molecular formula is C53H94O6. The average molecular weight is 827 g/mol. The van der Waals surface area contributed by atoms with Crippen LogP contribution in [0, 0.1) is 0 Å². The van der Waals surface area contributed by atoms with Crippen LogP contribution in [-0.4, -0.2) is 37.2 Å². The van der Waals surface area contributed by atoms with E-state index in [0.29, 0.717) is 19.3 Å². The number of rotatable bonds is 45. The smallest absolute Gasteiger partial charge is 0.306 e. The van der Waals surface area contributed by atoms with Gasteiger partial charge in [0.15, 0.2) is 6.10 Å². The molecule has 1 unspecified atom stereocenters. The van der Waals surface area contributed by atoms with Gasteiger partial charge in [-0.15, -0.1) is 0 Å². The second-order valence-electron chi connectivity index (χ2n) is 16.7. The predicted molar refractivity (Wildman–Crippen MR) is 252 cm³/mol. The van der Waals surface area contributed by atoms with Crippen molar-refractivity contribution in [3.8, 4) is 0 Å². The maximum absolute atomic E-state index is 12.8. The van der Waals surface area contributed by atoms with Crippen LogP contribution in [0.4, 0.5) is 0 Å². The Kier molecular flexibility index (Phi) is 45.9.